The number of carbonyl (C=O) groups excluding carboxylic acids is 4. The van der Waals surface area contributed by atoms with Crippen molar-refractivity contribution in [3.63, 3.8) is 0 Å². The Balaban J connectivity index is 1.41. The van der Waals surface area contributed by atoms with E-state index in [4.69, 9.17) is 9.47 Å². The van der Waals surface area contributed by atoms with Crippen LogP contribution in [0, 0.1) is 23.7 Å². The average molecular weight is 850 g/mol. The first kappa shape index (κ1) is 47.0. The Kier molecular flexibility index (Phi) is 16.1. The van der Waals surface area contributed by atoms with Crippen molar-refractivity contribution in [2.75, 3.05) is 27.3 Å². The fourth-order valence-corrected chi connectivity index (χ4v) is 8.07. The van der Waals surface area contributed by atoms with Gasteiger partial charge in [-0.3, -0.25) is 14.6 Å². The third-order valence-electron chi connectivity index (χ3n) is 11.2. The summed E-state index contributed by atoms with van der Waals surface area (Å²) in [6.07, 6.45) is -0.792. The van der Waals surface area contributed by atoms with Crippen molar-refractivity contribution in [3.8, 4) is 17.1 Å². The topological polar surface area (TPSA) is 184 Å². The largest absolute Gasteiger partial charge is 0.481 e. The minimum absolute atomic E-state index is 0.0875. The number of nitrogens with zero attached hydrogens (tertiary/aromatic N) is 3. The van der Waals surface area contributed by atoms with E-state index in [0.29, 0.717) is 18.7 Å². The molecule has 4 aromatic rings. The number of hydrogen-bond acceptors (Lipinski definition) is 9. The summed E-state index contributed by atoms with van der Waals surface area (Å²) < 4.78 is 10.0. The Morgan fingerprint density at radius 1 is 0.871 bits per heavy atom. The first-order valence-corrected chi connectivity index (χ1v) is 21.2. The van der Waals surface area contributed by atoms with Gasteiger partial charge in [-0.1, -0.05) is 101 Å². The Bertz CT molecular complexity index is 2120. The molecule has 0 bridgehead atoms. The molecule has 332 valence electrons. The quantitative estimate of drug-likeness (QED) is 0.0756. The number of pyridine rings is 2. The monoisotopic (exact) mass is 849 g/mol. The van der Waals surface area contributed by atoms with E-state index in [-0.39, 0.29) is 50.3 Å². The van der Waals surface area contributed by atoms with Crippen LogP contribution in [0.2, 0.25) is 0 Å². The van der Waals surface area contributed by atoms with Crippen LogP contribution in [0.5, 0.6) is 5.88 Å². The Morgan fingerprint density at radius 2 is 1.56 bits per heavy atom. The molecule has 62 heavy (non-hydrogen) atoms. The molecule has 5 rings (SSSR count). The molecule has 5 unspecified atom stereocenters. The SMILES string of the molecule is COC(=O)NCC(C)(C)CC(=O)NC(Cc1ccc(-c2cccc(OC)n2)cc1)CC(O)C(Cc1ccccc1)NC(=O)C(C1CNC(=O)N1Cc1cccc(C)n1)C(C)(C)C. The fraction of sp³-hybridized carbons (Fsp3) is 0.458. The predicted molar refractivity (Wildman–Crippen MR) is 238 cm³/mol. The number of ether oxygens (including phenoxy) is 2. The second kappa shape index (κ2) is 21.2. The maximum Gasteiger partial charge on any atom is 0.406 e. The van der Waals surface area contributed by atoms with Crippen LogP contribution in [-0.4, -0.2) is 95.5 Å². The highest BCUT2D eigenvalue weighted by atomic mass is 16.5. The number of nitrogens with one attached hydrogen (secondary N) is 4. The number of aliphatic hydroxyl groups excluding tert-OH is 1. The summed E-state index contributed by atoms with van der Waals surface area (Å²) >= 11 is 0. The first-order chi connectivity index (χ1) is 29.4. The van der Waals surface area contributed by atoms with Gasteiger partial charge < -0.3 is 40.7 Å². The van der Waals surface area contributed by atoms with E-state index in [2.05, 4.69) is 31.2 Å². The fourth-order valence-electron chi connectivity index (χ4n) is 8.07. The molecule has 1 aliphatic heterocycles. The Labute approximate surface area is 365 Å². The summed E-state index contributed by atoms with van der Waals surface area (Å²) in [5.41, 5.74) is 3.83. The number of alkyl carbamates (subject to hydrolysis) is 1. The summed E-state index contributed by atoms with van der Waals surface area (Å²) in [7, 11) is 2.86. The van der Waals surface area contributed by atoms with Crippen LogP contribution in [-0.2, 0) is 33.7 Å². The minimum Gasteiger partial charge on any atom is -0.481 e. The van der Waals surface area contributed by atoms with Gasteiger partial charge in [0.05, 0.1) is 56.3 Å². The minimum atomic E-state index is -1.10. The Morgan fingerprint density at radius 3 is 2.23 bits per heavy atom. The van der Waals surface area contributed by atoms with Crippen molar-refractivity contribution in [1.82, 2.24) is 36.1 Å². The number of methoxy groups -OCH3 is 2. The number of hydrogen-bond donors (Lipinski definition) is 5. The smallest absolute Gasteiger partial charge is 0.406 e. The number of amides is 5. The van der Waals surface area contributed by atoms with Crippen LogP contribution in [0.3, 0.4) is 0 Å². The van der Waals surface area contributed by atoms with Gasteiger partial charge >= 0.3 is 12.1 Å². The lowest BCUT2D eigenvalue weighted by molar-refractivity contribution is -0.132. The van der Waals surface area contributed by atoms with Gasteiger partial charge in [-0.05, 0) is 66.3 Å². The third kappa shape index (κ3) is 13.5. The van der Waals surface area contributed by atoms with Crippen molar-refractivity contribution >= 4 is 23.9 Å². The maximum absolute atomic E-state index is 14.7. The molecule has 2 aromatic heterocycles. The molecular weight excluding hydrogens is 787 g/mol. The highest BCUT2D eigenvalue weighted by Crippen LogP contribution is 2.34. The molecule has 1 fully saturated rings. The van der Waals surface area contributed by atoms with Gasteiger partial charge in [0.2, 0.25) is 17.7 Å². The van der Waals surface area contributed by atoms with Gasteiger partial charge in [0, 0.05) is 42.9 Å². The van der Waals surface area contributed by atoms with Crippen molar-refractivity contribution < 1.29 is 33.8 Å². The highest BCUT2D eigenvalue weighted by molar-refractivity contribution is 5.84. The zero-order valence-corrected chi connectivity index (χ0v) is 37.2. The molecule has 0 spiro atoms. The zero-order valence-electron chi connectivity index (χ0n) is 37.2. The number of rotatable bonds is 19. The number of urea groups is 1. The molecule has 5 amide bonds. The van der Waals surface area contributed by atoms with E-state index in [1.165, 1.54) is 7.11 Å². The third-order valence-corrected chi connectivity index (χ3v) is 11.2. The van der Waals surface area contributed by atoms with Gasteiger partial charge in [0.15, 0.2) is 0 Å². The molecule has 2 aromatic carbocycles. The van der Waals surface area contributed by atoms with Gasteiger partial charge in [-0.25, -0.2) is 14.6 Å². The van der Waals surface area contributed by atoms with E-state index in [1.807, 2.05) is 126 Å². The molecule has 5 atom stereocenters. The Hall–Kier alpha value is -6.02. The average Bonchev–Trinajstić information content (AvgIpc) is 3.57. The van der Waals surface area contributed by atoms with Gasteiger partial charge in [-0.15, -0.1) is 0 Å². The summed E-state index contributed by atoms with van der Waals surface area (Å²) in [5, 5.41) is 24.3. The van der Waals surface area contributed by atoms with Crippen LogP contribution < -0.4 is 26.0 Å². The molecule has 1 saturated heterocycles. The lowest BCUT2D eigenvalue weighted by Crippen LogP contribution is -2.56. The first-order valence-electron chi connectivity index (χ1n) is 21.2. The van der Waals surface area contributed by atoms with Crippen LogP contribution in [0.4, 0.5) is 9.59 Å². The molecule has 14 nitrogen and oxygen atoms in total. The maximum atomic E-state index is 14.7. The van der Waals surface area contributed by atoms with Crippen molar-refractivity contribution in [1.29, 1.82) is 0 Å². The highest BCUT2D eigenvalue weighted by Gasteiger charge is 2.46. The number of aryl methyl sites for hydroxylation is 1. The van der Waals surface area contributed by atoms with E-state index in [9.17, 15) is 24.3 Å². The molecule has 5 N–H and O–H groups in total. The predicted octanol–water partition coefficient (Wildman–Crippen LogP) is 6.00. The molecule has 1 aliphatic rings. The molecule has 0 aliphatic carbocycles. The number of aliphatic hydroxyl groups is 1. The van der Waals surface area contributed by atoms with Crippen LogP contribution >= 0.6 is 0 Å². The van der Waals surface area contributed by atoms with Crippen molar-refractivity contribution in [2.45, 2.75) is 98.0 Å². The lowest BCUT2D eigenvalue weighted by atomic mass is 9.75. The molecule has 3 heterocycles. The second-order valence-corrected chi connectivity index (χ2v) is 18.0. The van der Waals surface area contributed by atoms with Crippen LogP contribution in [0.15, 0.2) is 91.0 Å². The summed E-state index contributed by atoms with van der Waals surface area (Å²) in [6, 6.07) is 26.7. The summed E-state index contributed by atoms with van der Waals surface area (Å²) in [4.78, 5) is 64.5. The molecule has 0 saturated carbocycles. The summed E-state index contributed by atoms with van der Waals surface area (Å²) in [6.45, 7) is 12.3. The van der Waals surface area contributed by atoms with Crippen LogP contribution in [0.1, 0.15) is 70.0 Å². The molecule has 14 heteroatoms. The van der Waals surface area contributed by atoms with Crippen molar-refractivity contribution in [3.05, 3.63) is 114 Å². The van der Waals surface area contributed by atoms with E-state index < -0.39 is 47.1 Å². The van der Waals surface area contributed by atoms with E-state index in [1.54, 1.807) is 18.1 Å². The summed E-state index contributed by atoms with van der Waals surface area (Å²) in [5.74, 6) is -0.701. The zero-order chi connectivity index (χ0) is 45.0. The number of aromatic nitrogens is 2. The second-order valence-electron chi connectivity index (χ2n) is 18.0. The van der Waals surface area contributed by atoms with E-state index >= 15 is 0 Å². The number of carbonyl (C=O) groups is 4. The standard InChI is InChI=1S/C48H63N7O7/c1-31-14-12-17-35(51-31)29-55-39(28-49-45(55)59)43(47(2,3)4)44(58)54-38(25-32-15-10-9-11-16-32)40(56)26-36(52-41(57)27-48(5,6)30-50-46(60)62-8)24-33-20-22-34(23-21-33)37-18-13-19-42(53-37)61-7/h9-23,36,38-40,43,56H,24-30H2,1-8H3,(H,49,59)(H,50,60)(H,52,57)(H,54,58). The number of benzene rings is 2. The van der Waals surface area contributed by atoms with Gasteiger partial charge in [0.1, 0.15) is 0 Å². The van der Waals surface area contributed by atoms with Gasteiger partial charge in [-0.2, -0.15) is 0 Å². The van der Waals surface area contributed by atoms with Crippen LogP contribution in [0.25, 0.3) is 11.3 Å². The normalized spacial score (nSPS) is 16.0. The molecular formula is C48H63N7O7. The van der Waals surface area contributed by atoms with E-state index in [0.717, 1.165) is 33.8 Å². The molecule has 0 radical (unpaired) electrons. The van der Waals surface area contributed by atoms with Crippen molar-refractivity contribution in [2.24, 2.45) is 16.7 Å². The lowest BCUT2D eigenvalue weighted by Gasteiger charge is -2.39. The van der Waals surface area contributed by atoms with Gasteiger partial charge in [0.25, 0.3) is 0 Å².